The van der Waals surface area contributed by atoms with Crippen molar-refractivity contribution >= 4 is 11.4 Å². The van der Waals surface area contributed by atoms with E-state index in [1.807, 2.05) is 18.2 Å². The van der Waals surface area contributed by atoms with E-state index >= 15 is 0 Å². The van der Waals surface area contributed by atoms with E-state index in [9.17, 15) is 0 Å². The van der Waals surface area contributed by atoms with Gasteiger partial charge in [-0.3, -0.25) is 0 Å². The number of anilines is 2. The first-order valence-electron chi connectivity index (χ1n) is 6.51. The first-order chi connectivity index (χ1) is 8.81. The first-order valence-corrected chi connectivity index (χ1v) is 6.51. The highest BCUT2D eigenvalue weighted by Crippen LogP contribution is 2.25. The predicted octanol–water partition coefficient (Wildman–Crippen LogP) is 3.37. The Morgan fingerprint density at radius 1 is 1.00 bits per heavy atom. The highest BCUT2D eigenvalue weighted by Gasteiger charge is 2.10. The molecule has 0 amide bonds. The van der Waals surface area contributed by atoms with Gasteiger partial charge in [0.15, 0.2) is 0 Å². The van der Waals surface area contributed by atoms with E-state index in [1.165, 1.54) is 41.6 Å². The molecule has 2 nitrogen and oxygen atoms in total. The first kappa shape index (κ1) is 11.1. The molecule has 0 bridgehead atoms. The number of rotatable bonds is 3. The van der Waals surface area contributed by atoms with Crippen molar-refractivity contribution in [2.24, 2.45) is 0 Å². The summed E-state index contributed by atoms with van der Waals surface area (Å²) < 4.78 is 0. The smallest absolute Gasteiger partial charge is 0.0401 e. The van der Waals surface area contributed by atoms with Crippen LogP contribution < -0.4 is 11.1 Å². The third-order valence-corrected chi connectivity index (χ3v) is 3.55. The normalized spacial score (nSPS) is 13.3. The highest BCUT2D eigenvalue weighted by molar-refractivity contribution is 5.51. The SMILES string of the molecule is Nc1cccc(CNc2ccc3c(c2)CCC3)c1. The molecule has 2 heteroatoms. The largest absolute Gasteiger partial charge is 0.399 e. The van der Waals surface area contributed by atoms with Crippen molar-refractivity contribution < 1.29 is 0 Å². The van der Waals surface area contributed by atoms with Crippen LogP contribution in [0.2, 0.25) is 0 Å². The van der Waals surface area contributed by atoms with Gasteiger partial charge in [-0.25, -0.2) is 0 Å². The van der Waals surface area contributed by atoms with Gasteiger partial charge in [-0.1, -0.05) is 18.2 Å². The number of fused-ring (bicyclic) bond motifs is 1. The van der Waals surface area contributed by atoms with E-state index in [-0.39, 0.29) is 0 Å². The van der Waals surface area contributed by atoms with Crippen LogP contribution in [0.4, 0.5) is 11.4 Å². The molecule has 0 spiro atoms. The number of benzene rings is 2. The summed E-state index contributed by atoms with van der Waals surface area (Å²) in [7, 11) is 0. The van der Waals surface area contributed by atoms with Crippen molar-refractivity contribution in [1.82, 2.24) is 0 Å². The van der Waals surface area contributed by atoms with Gasteiger partial charge in [-0.2, -0.15) is 0 Å². The van der Waals surface area contributed by atoms with Crippen LogP contribution in [0.5, 0.6) is 0 Å². The second-order valence-electron chi connectivity index (χ2n) is 4.94. The lowest BCUT2D eigenvalue weighted by atomic mass is 10.1. The van der Waals surface area contributed by atoms with Crippen LogP contribution in [0.1, 0.15) is 23.1 Å². The molecule has 0 radical (unpaired) electrons. The van der Waals surface area contributed by atoms with Gasteiger partial charge in [-0.15, -0.1) is 0 Å². The molecule has 0 saturated carbocycles. The van der Waals surface area contributed by atoms with Crippen LogP contribution in [-0.2, 0) is 19.4 Å². The van der Waals surface area contributed by atoms with Gasteiger partial charge in [0.05, 0.1) is 0 Å². The maximum absolute atomic E-state index is 5.77. The van der Waals surface area contributed by atoms with Crippen LogP contribution in [0, 0.1) is 0 Å². The lowest BCUT2D eigenvalue weighted by Gasteiger charge is -2.09. The quantitative estimate of drug-likeness (QED) is 0.805. The van der Waals surface area contributed by atoms with E-state index in [0.717, 1.165) is 12.2 Å². The minimum absolute atomic E-state index is 0.822. The number of hydrogen-bond acceptors (Lipinski definition) is 2. The summed E-state index contributed by atoms with van der Waals surface area (Å²) in [6.45, 7) is 0.823. The summed E-state index contributed by atoms with van der Waals surface area (Å²) in [5, 5.41) is 3.46. The fraction of sp³-hybridized carbons (Fsp3) is 0.250. The van der Waals surface area contributed by atoms with Crippen molar-refractivity contribution in [2.45, 2.75) is 25.8 Å². The second kappa shape index (κ2) is 4.73. The molecule has 0 heterocycles. The molecule has 0 fully saturated rings. The number of nitrogens with one attached hydrogen (secondary N) is 1. The molecular weight excluding hydrogens is 220 g/mol. The summed E-state index contributed by atoms with van der Waals surface area (Å²) in [4.78, 5) is 0. The Balaban J connectivity index is 1.70. The maximum atomic E-state index is 5.77. The van der Waals surface area contributed by atoms with E-state index in [2.05, 4.69) is 29.6 Å². The van der Waals surface area contributed by atoms with E-state index in [4.69, 9.17) is 5.73 Å². The average Bonchev–Trinajstić information content (AvgIpc) is 2.84. The fourth-order valence-electron chi connectivity index (χ4n) is 2.59. The summed E-state index contributed by atoms with van der Waals surface area (Å²) in [5.41, 5.74) is 12.0. The van der Waals surface area contributed by atoms with Gasteiger partial charge >= 0.3 is 0 Å². The van der Waals surface area contributed by atoms with E-state index in [0.29, 0.717) is 0 Å². The molecular formula is C16H18N2. The van der Waals surface area contributed by atoms with Crippen molar-refractivity contribution in [2.75, 3.05) is 11.1 Å². The summed E-state index contributed by atoms with van der Waals surface area (Å²) in [6, 6.07) is 14.7. The fourth-order valence-corrected chi connectivity index (χ4v) is 2.59. The molecule has 0 aromatic heterocycles. The van der Waals surface area contributed by atoms with Crippen LogP contribution in [-0.4, -0.2) is 0 Å². The van der Waals surface area contributed by atoms with Crippen molar-refractivity contribution in [3.63, 3.8) is 0 Å². The molecule has 0 aliphatic heterocycles. The standard InChI is InChI=1S/C16H18N2/c17-15-6-1-3-12(9-15)11-18-16-8-7-13-4-2-5-14(13)10-16/h1,3,6-10,18H,2,4-5,11,17H2. The van der Waals surface area contributed by atoms with Crippen LogP contribution in [0.3, 0.4) is 0 Å². The van der Waals surface area contributed by atoms with Gasteiger partial charge < -0.3 is 11.1 Å². The highest BCUT2D eigenvalue weighted by atomic mass is 14.9. The predicted molar refractivity (Wildman–Crippen MR) is 76.6 cm³/mol. The molecule has 3 N–H and O–H groups in total. The van der Waals surface area contributed by atoms with Crippen molar-refractivity contribution in [3.8, 4) is 0 Å². The second-order valence-corrected chi connectivity index (χ2v) is 4.94. The molecule has 2 aromatic carbocycles. The zero-order valence-corrected chi connectivity index (χ0v) is 10.4. The molecule has 18 heavy (non-hydrogen) atoms. The summed E-state index contributed by atoms with van der Waals surface area (Å²) in [5.74, 6) is 0. The Kier molecular flexibility index (Phi) is 2.93. The Hall–Kier alpha value is -1.96. The molecule has 1 aliphatic carbocycles. The van der Waals surface area contributed by atoms with E-state index in [1.54, 1.807) is 0 Å². The maximum Gasteiger partial charge on any atom is 0.0401 e. The number of hydrogen-bond donors (Lipinski definition) is 2. The monoisotopic (exact) mass is 238 g/mol. The van der Waals surface area contributed by atoms with Crippen LogP contribution in [0.25, 0.3) is 0 Å². The van der Waals surface area contributed by atoms with Gasteiger partial charge in [-0.05, 0) is 60.2 Å². The van der Waals surface area contributed by atoms with Gasteiger partial charge in [0.1, 0.15) is 0 Å². The van der Waals surface area contributed by atoms with Crippen LogP contribution >= 0.6 is 0 Å². The minimum atomic E-state index is 0.822. The molecule has 2 aromatic rings. The van der Waals surface area contributed by atoms with Crippen molar-refractivity contribution in [3.05, 3.63) is 59.2 Å². The Bertz CT molecular complexity index is 561. The molecule has 1 aliphatic rings. The molecule has 0 unspecified atom stereocenters. The number of nitrogen functional groups attached to an aromatic ring is 1. The van der Waals surface area contributed by atoms with E-state index < -0.39 is 0 Å². The molecule has 0 atom stereocenters. The number of nitrogens with two attached hydrogens (primary N) is 1. The van der Waals surface area contributed by atoms with Crippen molar-refractivity contribution in [1.29, 1.82) is 0 Å². The Labute approximate surface area is 108 Å². The lowest BCUT2D eigenvalue weighted by molar-refractivity contribution is 0.912. The third kappa shape index (κ3) is 2.33. The summed E-state index contributed by atoms with van der Waals surface area (Å²) >= 11 is 0. The Morgan fingerprint density at radius 3 is 2.78 bits per heavy atom. The molecule has 0 saturated heterocycles. The average molecular weight is 238 g/mol. The van der Waals surface area contributed by atoms with Gasteiger partial charge in [0.25, 0.3) is 0 Å². The molecule has 3 rings (SSSR count). The Morgan fingerprint density at radius 2 is 1.89 bits per heavy atom. The lowest BCUT2D eigenvalue weighted by Crippen LogP contribution is -2.00. The summed E-state index contributed by atoms with van der Waals surface area (Å²) in [6.07, 6.45) is 3.77. The molecule has 92 valence electrons. The van der Waals surface area contributed by atoms with Gasteiger partial charge in [0, 0.05) is 17.9 Å². The third-order valence-electron chi connectivity index (χ3n) is 3.55. The number of aryl methyl sites for hydroxylation is 2. The van der Waals surface area contributed by atoms with Gasteiger partial charge in [0.2, 0.25) is 0 Å². The zero-order chi connectivity index (χ0) is 12.4. The minimum Gasteiger partial charge on any atom is -0.399 e. The zero-order valence-electron chi connectivity index (χ0n) is 10.4. The topological polar surface area (TPSA) is 38.0 Å². The van der Waals surface area contributed by atoms with Crippen LogP contribution in [0.15, 0.2) is 42.5 Å².